The third kappa shape index (κ3) is 9.35. The second kappa shape index (κ2) is 9.63. The van der Waals surface area contributed by atoms with Gasteiger partial charge in [0.05, 0.1) is 0 Å². The van der Waals surface area contributed by atoms with Gasteiger partial charge >= 0.3 is 16.5 Å². The summed E-state index contributed by atoms with van der Waals surface area (Å²) in [7, 11) is 0. The Morgan fingerprint density at radius 2 is 1.47 bits per heavy atom. The maximum absolute atomic E-state index is 4.73. The standard InChI is InChI=1S/C12H26N2.Ni/c1-7-11(6)12(14-10(4)5)8-13-9(2)3;/h9-12H,7-8H2,1-6H3;/q-2;+2. The first kappa shape index (κ1) is 17.8. The van der Waals surface area contributed by atoms with Crippen LogP contribution in [0.5, 0.6) is 0 Å². The van der Waals surface area contributed by atoms with Gasteiger partial charge in [0.15, 0.2) is 0 Å². The van der Waals surface area contributed by atoms with Crippen molar-refractivity contribution in [3.63, 3.8) is 0 Å². The molecular formula is C12H26N2Ni. The summed E-state index contributed by atoms with van der Waals surface area (Å²) in [6, 6.07) is 1.28. The van der Waals surface area contributed by atoms with Crippen LogP contribution in [-0.2, 0) is 16.5 Å². The van der Waals surface area contributed by atoms with E-state index >= 15 is 0 Å². The molecule has 94 valence electrons. The van der Waals surface area contributed by atoms with Gasteiger partial charge in [-0.25, -0.2) is 0 Å². The monoisotopic (exact) mass is 256 g/mol. The maximum atomic E-state index is 4.73. The molecule has 0 spiro atoms. The molecule has 0 radical (unpaired) electrons. The minimum Gasteiger partial charge on any atom is -0.661 e. The summed E-state index contributed by atoms with van der Waals surface area (Å²) < 4.78 is 0. The molecule has 0 aliphatic carbocycles. The molecule has 15 heavy (non-hydrogen) atoms. The summed E-state index contributed by atoms with van der Waals surface area (Å²) in [6.07, 6.45) is 1.19. The first-order valence-corrected chi connectivity index (χ1v) is 5.83. The third-order valence-corrected chi connectivity index (χ3v) is 2.45. The van der Waals surface area contributed by atoms with E-state index in [1.165, 1.54) is 6.42 Å². The molecule has 0 bridgehead atoms. The number of hydrogen-bond acceptors (Lipinski definition) is 0. The minimum absolute atomic E-state index is 0. The van der Waals surface area contributed by atoms with Crippen molar-refractivity contribution in [2.75, 3.05) is 6.54 Å². The van der Waals surface area contributed by atoms with E-state index in [1.54, 1.807) is 0 Å². The predicted molar refractivity (Wildman–Crippen MR) is 65.1 cm³/mol. The van der Waals surface area contributed by atoms with Crippen molar-refractivity contribution in [2.45, 2.75) is 66.1 Å². The normalized spacial score (nSPS) is 15.2. The van der Waals surface area contributed by atoms with Crippen molar-refractivity contribution >= 4 is 0 Å². The zero-order valence-corrected chi connectivity index (χ0v) is 11.9. The van der Waals surface area contributed by atoms with E-state index in [1.807, 2.05) is 0 Å². The van der Waals surface area contributed by atoms with Crippen LogP contribution in [0.2, 0.25) is 0 Å². The van der Waals surface area contributed by atoms with Crippen molar-refractivity contribution < 1.29 is 16.5 Å². The topological polar surface area (TPSA) is 28.2 Å². The van der Waals surface area contributed by atoms with Crippen LogP contribution < -0.4 is 0 Å². The zero-order chi connectivity index (χ0) is 11.1. The maximum Gasteiger partial charge on any atom is 2.00 e. The summed E-state index contributed by atoms with van der Waals surface area (Å²) in [4.78, 5) is 0. The first-order chi connectivity index (χ1) is 6.47. The molecule has 0 aliphatic rings. The van der Waals surface area contributed by atoms with Crippen LogP contribution in [0, 0.1) is 5.92 Å². The summed E-state index contributed by atoms with van der Waals surface area (Å²) >= 11 is 0. The molecule has 0 heterocycles. The summed E-state index contributed by atoms with van der Waals surface area (Å²) in [5.41, 5.74) is 0. The number of hydrogen-bond donors (Lipinski definition) is 0. The molecule has 2 unspecified atom stereocenters. The molecule has 0 saturated carbocycles. The van der Waals surface area contributed by atoms with E-state index in [4.69, 9.17) is 5.32 Å². The van der Waals surface area contributed by atoms with E-state index in [0.29, 0.717) is 24.0 Å². The molecule has 0 saturated heterocycles. The van der Waals surface area contributed by atoms with Crippen LogP contribution >= 0.6 is 0 Å². The zero-order valence-electron chi connectivity index (χ0n) is 10.9. The second-order valence-corrected chi connectivity index (χ2v) is 4.65. The van der Waals surface area contributed by atoms with Crippen LogP contribution in [0.4, 0.5) is 0 Å². The Bertz CT molecular complexity index is 138. The number of nitrogens with zero attached hydrogens (tertiary/aromatic N) is 2. The van der Waals surface area contributed by atoms with Gasteiger partial charge in [0, 0.05) is 0 Å². The molecule has 0 rings (SSSR count). The van der Waals surface area contributed by atoms with Gasteiger partial charge in [-0.05, 0) is 0 Å². The van der Waals surface area contributed by atoms with Gasteiger partial charge in [0.1, 0.15) is 0 Å². The molecule has 0 N–H and O–H groups in total. The molecule has 0 amide bonds. The summed E-state index contributed by atoms with van der Waals surface area (Å²) in [5, 5.41) is 9.28. The van der Waals surface area contributed by atoms with Gasteiger partial charge in [0.25, 0.3) is 0 Å². The predicted octanol–water partition coefficient (Wildman–Crippen LogP) is 3.96. The van der Waals surface area contributed by atoms with Crippen LogP contribution in [0.3, 0.4) is 0 Å². The number of rotatable bonds is 7. The largest absolute Gasteiger partial charge is 2.00 e. The van der Waals surface area contributed by atoms with Gasteiger partial charge in [0.2, 0.25) is 0 Å². The molecule has 3 heteroatoms. The molecule has 2 atom stereocenters. The van der Waals surface area contributed by atoms with Crippen LogP contribution in [0.1, 0.15) is 48.0 Å². The van der Waals surface area contributed by atoms with Gasteiger partial charge in [-0.1, -0.05) is 53.9 Å². The van der Waals surface area contributed by atoms with Crippen LogP contribution in [-0.4, -0.2) is 24.7 Å². The molecule has 0 fully saturated rings. The molecular weight excluding hydrogens is 231 g/mol. The smallest absolute Gasteiger partial charge is 0.661 e. The SMILES string of the molecule is CCC(C)C(C[N-]C(C)C)[N-]C(C)C.[Ni+2]. The fourth-order valence-electron chi connectivity index (χ4n) is 1.35. The van der Waals surface area contributed by atoms with E-state index in [2.05, 4.69) is 46.9 Å². The average molecular weight is 257 g/mol. The van der Waals surface area contributed by atoms with Crippen LogP contribution in [0.15, 0.2) is 0 Å². The van der Waals surface area contributed by atoms with Crippen molar-refractivity contribution in [1.29, 1.82) is 0 Å². The van der Waals surface area contributed by atoms with Crippen molar-refractivity contribution in [3.8, 4) is 0 Å². The quantitative estimate of drug-likeness (QED) is 0.617. The van der Waals surface area contributed by atoms with Crippen molar-refractivity contribution in [2.24, 2.45) is 5.92 Å². The third-order valence-electron chi connectivity index (χ3n) is 2.45. The molecule has 0 aromatic carbocycles. The van der Waals surface area contributed by atoms with Crippen molar-refractivity contribution in [1.82, 2.24) is 0 Å². The van der Waals surface area contributed by atoms with Crippen molar-refractivity contribution in [3.05, 3.63) is 10.6 Å². The van der Waals surface area contributed by atoms with E-state index < -0.39 is 0 Å². The molecule has 0 aromatic rings. The van der Waals surface area contributed by atoms with E-state index in [-0.39, 0.29) is 16.5 Å². The van der Waals surface area contributed by atoms with Gasteiger partial charge in [-0.3, -0.25) is 0 Å². The molecule has 2 nitrogen and oxygen atoms in total. The fraction of sp³-hybridized carbons (Fsp3) is 1.00. The first-order valence-electron chi connectivity index (χ1n) is 5.83. The Hall–Kier alpha value is 0.414. The summed E-state index contributed by atoms with van der Waals surface area (Å²) in [5.74, 6) is 0.653. The summed E-state index contributed by atoms with van der Waals surface area (Å²) in [6.45, 7) is 13.9. The second-order valence-electron chi connectivity index (χ2n) is 4.65. The Labute approximate surface area is 106 Å². The van der Waals surface area contributed by atoms with E-state index in [0.717, 1.165) is 6.54 Å². The molecule has 0 aliphatic heterocycles. The van der Waals surface area contributed by atoms with Gasteiger partial charge in [-0.15, -0.1) is 12.1 Å². The Kier molecular flexibility index (Phi) is 11.4. The Morgan fingerprint density at radius 1 is 0.933 bits per heavy atom. The fourth-order valence-corrected chi connectivity index (χ4v) is 1.35. The van der Waals surface area contributed by atoms with Crippen LogP contribution in [0.25, 0.3) is 10.6 Å². The minimum atomic E-state index is 0. The Balaban J connectivity index is 0. The van der Waals surface area contributed by atoms with Gasteiger partial charge in [-0.2, -0.15) is 12.6 Å². The Morgan fingerprint density at radius 3 is 1.80 bits per heavy atom. The average Bonchev–Trinajstić information content (AvgIpc) is 2.10. The molecule has 0 aromatic heterocycles. The van der Waals surface area contributed by atoms with Gasteiger partial charge < -0.3 is 10.6 Å². The van der Waals surface area contributed by atoms with E-state index in [9.17, 15) is 0 Å².